The van der Waals surface area contributed by atoms with Gasteiger partial charge in [0.1, 0.15) is 18.2 Å². The van der Waals surface area contributed by atoms with Gasteiger partial charge in [0, 0.05) is 25.2 Å². The van der Waals surface area contributed by atoms with E-state index in [1.54, 1.807) is 30.3 Å². The Morgan fingerprint density at radius 1 is 0.972 bits per heavy atom. The number of anilines is 1. The molecule has 0 radical (unpaired) electrons. The summed E-state index contributed by atoms with van der Waals surface area (Å²) in [6, 6.07) is 16.2. The minimum Gasteiger partial charge on any atom is -0.488 e. The molecular weight excluding hydrogens is 471 g/mol. The Hall–Kier alpha value is -4.51. The van der Waals surface area contributed by atoms with E-state index in [2.05, 4.69) is 10.9 Å². The molecular formula is C25H23FN4O6. The molecule has 0 bridgehead atoms. The molecule has 36 heavy (non-hydrogen) atoms. The van der Waals surface area contributed by atoms with Crippen molar-refractivity contribution in [2.75, 3.05) is 31.2 Å². The Balaban J connectivity index is 1.46. The summed E-state index contributed by atoms with van der Waals surface area (Å²) in [4.78, 5) is 38.4. The third-order valence-electron chi connectivity index (χ3n) is 5.52. The molecule has 1 saturated heterocycles. The molecule has 0 saturated carbocycles. The number of rotatable bonds is 7. The van der Waals surface area contributed by atoms with Gasteiger partial charge < -0.3 is 14.4 Å². The number of non-ortho nitro benzene ring substituents is 1. The molecule has 1 aliphatic heterocycles. The van der Waals surface area contributed by atoms with Crippen LogP contribution in [-0.2, 0) is 11.3 Å². The molecule has 0 atom stereocenters. The first-order valence-corrected chi connectivity index (χ1v) is 11.1. The zero-order chi connectivity index (χ0) is 25.5. The van der Waals surface area contributed by atoms with Crippen LogP contribution in [0.3, 0.4) is 0 Å². The van der Waals surface area contributed by atoms with Crippen molar-refractivity contribution in [3.8, 4) is 5.75 Å². The van der Waals surface area contributed by atoms with Gasteiger partial charge >= 0.3 is 0 Å². The first-order chi connectivity index (χ1) is 17.4. The molecule has 1 heterocycles. The van der Waals surface area contributed by atoms with E-state index in [1.807, 2.05) is 4.90 Å². The highest BCUT2D eigenvalue weighted by Gasteiger charge is 2.23. The van der Waals surface area contributed by atoms with Gasteiger partial charge in [-0.15, -0.1) is 0 Å². The van der Waals surface area contributed by atoms with Gasteiger partial charge in [0.15, 0.2) is 0 Å². The molecule has 186 valence electrons. The van der Waals surface area contributed by atoms with Gasteiger partial charge in [-0.3, -0.25) is 30.6 Å². The predicted molar refractivity (Wildman–Crippen MR) is 128 cm³/mol. The lowest BCUT2D eigenvalue weighted by molar-refractivity contribution is -0.384. The van der Waals surface area contributed by atoms with Crippen LogP contribution in [0.1, 0.15) is 26.3 Å². The fourth-order valence-electron chi connectivity index (χ4n) is 3.67. The minimum atomic E-state index is -0.710. The SMILES string of the molecule is O=C(NNC(=O)c1cc([N+](=O)[O-])ccc1N1CCOCC1)c1ccccc1OCc1ccc(F)cc1. The molecule has 0 aliphatic carbocycles. The van der Waals surface area contributed by atoms with Crippen LogP contribution in [0.25, 0.3) is 0 Å². The van der Waals surface area contributed by atoms with Gasteiger partial charge in [-0.2, -0.15) is 0 Å². The Morgan fingerprint density at radius 2 is 1.64 bits per heavy atom. The van der Waals surface area contributed by atoms with Gasteiger partial charge in [-0.1, -0.05) is 24.3 Å². The summed E-state index contributed by atoms with van der Waals surface area (Å²) in [5.41, 5.74) is 5.84. The number of para-hydroxylation sites is 1. The van der Waals surface area contributed by atoms with Crippen molar-refractivity contribution in [2.24, 2.45) is 0 Å². The van der Waals surface area contributed by atoms with E-state index in [1.165, 1.54) is 36.4 Å². The van der Waals surface area contributed by atoms with Crippen LogP contribution in [0.2, 0.25) is 0 Å². The molecule has 1 aliphatic rings. The van der Waals surface area contributed by atoms with Crippen molar-refractivity contribution in [1.82, 2.24) is 10.9 Å². The third-order valence-corrected chi connectivity index (χ3v) is 5.52. The zero-order valence-electron chi connectivity index (χ0n) is 19.1. The van der Waals surface area contributed by atoms with Crippen molar-refractivity contribution < 1.29 is 28.4 Å². The Bertz CT molecular complexity index is 1260. The number of nitro benzene ring substituents is 1. The lowest BCUT2D eigenvalue weighted by Crippen LogP contribution is -2.43. The normalized spacial score (nSPS) is 13.1. The van der Waals surface area contributed by atoms with Crippen LogP contribution in [0.5, 0.6) is 5.75 Å². The Kier molecular flexibility index (Phi) is 7.71. The quantitative estimate of drug-likeness (QED) is 0.382. The molecule has 3 aromatic rings. The highest BCUT2D eigenvalue weighted by atomic mass is 19.1. The maximum atomic E-state index is 13.1. The molecule has 10 nitrogen and oxygen atoms in total. The summed E-state index contributed by atoms with van der Waals surface area (Å²) in [6.07, 6.45) is 0. The van der Waals surface area contributed by atoms with Gasteiger partial charge in [0.05, 0.1) is 35.0 Å². The van der Waals surface area contributed by atoms with Gasteiger partial charge in [0.25, 0.3) is 17.5 Å². The third kappa shape index (κ3) is 5.94. The zero-order valence-corrected chi connectivity index (χ0v) is 19.1. The van der Waals surface area contributed by atoms with Crippen LogP contribution in [0, 0.1) is 15.9 Å². The summed E-state index contributed by atoms with van der Waals surface area (Å²) < 4.78 is 24.2. The van der Waals surface area contributed by atoms with E-state index in [0.29, 0.717) is 37.6 Å². The average molecular weight is 494 g/mol. The van der Waals surface area contributed by atoms with Crippen LogP contribution in [0.15, 0.2) is 66.7 Å². The lowest BCUT2D eigenvalue weighted by atomic mass is 10.1. The van der Waals surface area contributed by atoms with Crippen molar-refractivity contribution in [1.29, 1.82) is 0 Å². The van der Waals surface area contributed by atoms with E-state index in [4.69, 9.17) is 9.47 Å². The molecule has 1 fully saturated rings. The number of amides is 2. The second-order valence-corrected chi connectivity index (χ2v) is 7.88. The fourth-order valence-corrected chi connectivity index (χ4v) is 3.67. The number of nitrogens with zero attached hydrogens (tertiary/aromatic N) is 2. The van der Waals surface area contributed by atoms with Crippen LogP contribution in [0.4, 0.5) is 15.8 Å². The average Bonchev–Trinajstić information content (AvgIpc) is 2.91. The summed E-state index contributed by atoms with van der Waals surface area (Å²) in [5, 5.41) is 11.3. The molecule has 0 unspecified atom stereocenters. The van der Waals surface area contributed by atoms with E-state index >= 15 is 0 Å². The highest BCUT2D eigenvalue weighted by Crippen LogP contribution is 2.26. The van der Waals surface area contributed by atoms with E-state index in [0.717, 1.165) is 0 Å². The molecule has 0 aromatic heterocycles. The van der Waals surface area contributed by atoms with Crippen LogP contribution >= 0.6 is 0 Å². The number of ether oxygens (including phenoxy) is 2. The van der Waals surface area contributed by atoms with Crippen LogP contribution < -0.4 is 20.5 Å². The van der Waals surface area contributed by atoms with E-state index in [-0.39, 0.29) is 35.0 Å². The van der Waals surface area contributed by atoms with Gasteiger partial charge in [-0.05, 0) is 35.9 Å². The monoisotopic (exact) mass is 494 g/mol. The molecule has 11 heteroatoms. The summed E-state index contributed by atoms with van der Waals surface area (Å²) in [5.74, 6) is -1.46. The Labute approximate surface area is 205 Å². The van der Waals surface area contributed by atoms with Crippen molar-refractivity contribution in [3.63, 3.8) is 0 Å². The first-order valence-electron chi connectivity index (χ1n) is 11.1. The number of nitro groups is 1. The summed E-state index contributed by atoms with van der Waals surface area (Å²) in [7, 11) is 0. The highest BCUT2D eigenvalue weighted by molar-refractivity contribution is 6.03. The number of hydrazine groups is 1. The first kappa shape index (κ1) is 24.6. The summed E-state index contributed by atoms with van der Waals surface area (Å²) >= 11 is 0. The molecule has 2 N–H and O–H groups in total. The standard InChI is InChI=1S/C25H23FN4O6/c26-18-7-5-17(6-8-18)16-36-23-4-2-1-3-20(23)24(31)27-28-25(32)21-15-19(30(33)34)9-10-22(21)29-11-13-35-14-12-29/h1-10,15H,11-14,16H2,(H,27,31)(H,28,32). The second kappa shape index (κ2) is 11.3. The lowest BCUT2D eigenvalue weighted by Gasteiger charge is -2.30. The van der Waals surface area contributed by atoms with Crippen LogP contribution in [-0.4, -0.2) is 43.0 Å². The van der Waals surface area contributed by atoms with E-state index < -0.39 is 16.7 Å². The minimum absolute atomic E-state index is 0.0484. The molecule has 4 rings (SSSR count). The number of carbonyl (C=O) groups is 2. The maximum absolute atomic E-state index is 13.1. The summed E-state index contributed by atoms with van der Waals surface area (Å²) in [6.45, 7) is 2.06. The predicted octanol–water partition coefficient (Wildman–Crippen LogP) is 3.22. The van der Waals surface area contributed by atoms with Crippen molar-refractivity contribution in [3.05, 3.63) is 99.4 Å². The number of halogens is 1. The van der Waals surface area contributed by atoms with Crippen molar-refractivity contribution in [2.45, 2.75) is 6.61 Å². The number of nitrogens with one attached hydrogen (secondary N) is 2. The molecule has 2 amide bonds. The number of benzene rings is 3. The van der Waals surface area contributed by atoms with Gasteiger partial charge in [0.2, 0.25) is 0 Å². The van der Waals surface area contributed by atoms with E-state index in [9.17, 15) is 24.1 Å². The fraction of sp³-hybridized carbons (Fsp3) is 0.200. The second-order valence-electron chi connectivity index (χ2n) is 7.88. The number of hydrogen-bond acceptors (Lipinski definition) is 7. The smallest absolute Gasteiger partial charge is 0.273 e. The largest absolute Gasteiger partial charge is 0.488 e. The number of hydrogen-bond donors (Lipinski definition) is 2. The maximum Gasteiger partial charge on any atom is 0.273 e. The van der Waals surface area contributed by atoms with Gasteiger partial charge in [-0.25, -0.2) is 4.39 Å². The molecule has 3 aromatic carbocycles. The Morgan fingerprint density at radius 3 is 2.33 bits per heavy atom. The van der Waals surface area contributed by atoms with Crippen molar-refractivity contribution >= 4 is 23.2 Å². The molecule has 0 spiro atoms. The number of carbonyl (C=O) groups excluding carboxylic acids is 2. The number of morpholine rings is 1. The topological polar surface area (TPSA) is 123 Å².